The summed E-state index contributed by atoms with van der Waals surface area (Å²) in [7, 11) is 0. The number of aryl methyl sites for hydroxylation is 3. The van der Waals surface area contributed by atoms with Crippen LogP contribution < -0.4 is 4.90 Å². The Kier molecular flexibility index (Phi) is 7.08. The summed E-state index contributed by atoms with van der Waals surface area (Å²) in [5.41, 5.74) is 7.94. The van der Waals surface area contributed by atoms with Crippen molar-refractivity contribution in [2.75, 3.05) is 37.6 Å². The third-order valence-electron chi connectivity index (χ3n) is 6.54. The van der Waals surface area contributed by atoms with Crippen molar-refractivity contribution in [3.63, 3.8) is 0 Å². The Bertz CT molecular complexity index is 968. The molecule has 0 aliphatic carbocycles. The molecule has 31 heavy (non-hydrogen) atoms. The number of hydrogen-bond acceptors (Lipinski definition) is 3. The lowest BCUT2D eigenvalue weighted by Gasteiger charge is -2.37. The van der Waals surface area contributed by atoms with Crippen LogP contribution in [0, 0.1) is 13.8 Å². The zero-order valence-electron chi connectivity index (χ0n) is 19.3. The maximum Gasteiger partial charge on any atom is 0.0648 e. The monoisotopic (exact) mass is 416 g/mol. The van der Waals surface area contributed by atoms with Gasteiger partial charge in [-0.05, 0) is 75.0 Å². The molecule has 0 spiro atoms. The minimum absolute atomic E-state index is 1.05. The highest BCUT2D eigenvalue weighted by Gasteiger charge is 2.19. The topological polar surface area (TPSA) is 24.3 Å². The van der Waals surface area contributed by atoms with Crippen molar-refractivity contribution in [1.29, 1.82) is 0 Å². The van der Waals surface area contributed by atoms with E-state index in [0.29, 0.717) is 0 Å². The van der Waals surface area contributed by atoms with Crippen molar-refractivity contribution in [2.45, 2.75) is 46.5 Å². The summed E-state index contributed by atoms with van der Waals surface area (Å²) in [6, 6.07) is 19.5. The quantitative estimate of drug-likeness (QED) is 0.505. The highest BCUT2D eigenvalue weighted by atomic mass is 15.3. The molecule has 1 fully saturated rings. The highest BCUT2D eigenvalue weighted by Crippen LogP contribution is 2.24. The maximum atomic E-state index is 4.89. The molecule has 0 saturated carbocycles. The molecule has 1 aliphatic rings. The molecule has 1 saturated heterocycles. The molecule has 164 valence electrons. The van der Waals surface area contributed by atoms with Crippen LogP contribution in [-0.4, -0.2) is 47.4 Å². The Morgan fingerprint density at radius 3 is 2.39 bits per heavy atom. The molecule has 1 aromatic heterocycles. The van der Waals surface area contributed by atoms with Crippen molar-refractivity contribution in [1.82, 2.24) is 14.7 Å². The van der Waals surface area contributed by atoms with Crippen molar-refractivity contribution >= 4 is 5.69 Å². The van der Waals surface area contributed by atoms with E-state index in [-0.39, 0.29) is 0 Å². The number of rotatable bonds is 8. The van der Waals surface area contributed by atoms with Crippen molar-refractivity contribution in [2.24, 2.45) is 0 Å². The smallest absolute Gasteiger partial charge is 0.0648 e. The number of benzene rings is 2. The van der Waals surface area contributed by atoms with Crippen LogP contribution in [0.5, 0.6) is 0 Å². The molecule has 2 aromatic carbocycles. The molecule has 4 nitrogen and oxygen atoms in total. The summed E-state index contributed by atoms with van der Waals surface area (Å²) >= 11 is 0. The normalized spacial score (nSPS) is 14.9. The van der Waals surface area contributed by atoms with Crippen LogP contribution in [0.15, 0.2) is 54.6 Å². The minimum atomic E-state index is 1.05. The first-order valence-electron chi connectivity index (χ1n) is 11.8. The second kappa shape index (κ2) is 10.1. The van der Waals surface area contributed by atoms with Gasteiger partial charge in [0, 0.05) is 37.6 Å². The SMILES string of the molecule is CCCc1cc(CCCN2CCN(c3cccc(C)c3C)CC2)n(-c2ccccc2)n1. The molecule has 0 N–H and O–H groups in total. The van der Waals surface area contributed by atoms with Crippen LogP contribution in [0.25, 0.3) is 5.69 Å². The number of anilines is 1. The molecular formula is C27H36N4. The van der Waals surface area contributed by atoms with Crippen LogP contribution in [0.1, 0.15) is 42.3 Å². The van der Waals surface area contributed by atoms with Gasteiger partial charge in [-0.1, -0.05) is 43.7 Å². The van der Waals surface area contributed by atoms with Gasteiger partial charge in [0.1, 0.15) is 0 Å². The Morgan fingerprint density at radius 1 is 0.871 bits per heavy atom. The fourth-order valence-electron chi connectivity index (χ4n) is 4.60. The van der Waals surface area contributed by atoms with Crippen LogP contribution in [0.4, 0.5) is 5.69 Å². The molecule has 0 atom stereocenters. The largest absolute Gasteiger partial charge is 0.369 e. The van der Waals surface area contributed by atoms with Gasteiger partial charge >= 0.3 is 0 Å². The average molecular weight is 417 g/mol. The average Bonchev–Trinajstić information content (AvgIpc) is 3.20. The van der Waals surface area contributed by atoms with Crippen molar-refractivity contribution in [3.8, 4) is 5.69 Å². The van der Waals surface area contributed by atoms with Crippen molar-refractivity contribution < 1.29 is 0 Å². The van der Waals surface area contributed by atoms with E-state index in [9.17, 15) is 0 Å². The van der Waals surface area contributed by atoms with E-state index in [1.54, 1.807) is 0 Å². The van der Waals surface area contributed by atoms with Gasteiger partial charge in [-0.2, -0.15) is 5.10 Å². The van der Waals surface area contributed by atoms with Gasteiger partial charge < -0.3 is 4.90 Å². The van der Waals surface area contributed by atoms with Crippen LogP contribution in [-0.2, 0) is 12.8 Å². The summed E-state index contributed by atoms with van der Waals surface area (Å²) in [5, 5.41) is 4.89. The Labute approximate surface area is 187 Å². The van der Waals surface area contributed by atoms with Crippen LogP contribution >= 0.6 is 0 Å². The third-order valence-corrected chi connectivity index (χ3v) is 6.54. The first-order valence-corrected chi connectivity index (χ1v) is 11.8. The zero-order valence-corrected chi connectivity index (χ0v) is 19.3. The number of nitrogens with zero attached hydrogens (tertiary/aromatic N) is 4. The summed E-state index contributed by atoms with van der Waals surface area (Å²) < 4.78 is 2.16. The fraction of sp³-hybridized carbons (Fsp3) is 0.444. The highest BCUT2D eigenvalue weighted by molar-refractivity contribution is 5.56. The molecular weight excluding hydrogens is 380 g/mol. The van der Waals surface area contributed by atoms with Crippen molar-refractivity contribution in [3.05, 3.63) is 77.1 Å². The summed E-state index contributed by atoms with van der Waals surface area (Å²) in [4.78, 5) is 5.18. The first-order chi connectivity index (χ1) is 15.2. The van der Waals surface area contributed by atoms with Crippen LogP contribution in [0.2, 0.25) is 0 Å². The molecule has 2 heterocycles. The Hall–Kier alpha value is -2.59. The van der Waals surface area contributed by atoms with Gasteiger partial charge in [-0.25, -0.2) is 4.68 Å². The van der Waals surface area contributed by atoms with E-state index in [0.717, 1.165) is 52.0 Å². The van der Waals surface area contributed by atoms with E-state index < -0.39 is 0 Å². The van der Waals surface area contributed by atoms with E-state index in [2.05, 4.69) is 89.9 Å². The molecule has 4 heteroatoms. The molecule has 0 radical (unpaired) electrons. The van der Waals surface area contributed by atoms with E-state index in [1.165, 1.54) is 40.3 Å². The maximum absolute atomic E-state index is 4.89. The number of hydrogen-bond donors (Lipinski definition) is 0. The van der Waals surface area contributed by atoms with Crippen LogP contribution in [0.3, 0.4) is 0 Å². The molecule has 4 rings (SSSR count). The van der Waals surface area contributed by atoms with E-state index >= 15 is 0 Å². The molecule has 0 amide bonds. The molecule has 0 unspecified atom stereocenters. The zero-order chi connectivity index (χ0) is 21.6. The number of aromatic nitrogens is 2. The second-order valence-electron chi connectivity index (χ2n) is 8.78. The number of piperazine rings is 1. The molecule has 0 bridgehead atoms. The second-order valence-corrected chi connectivity index (χ2v) is 8.78. The Morgan fingerprint density at radius 2 is 1.65 bits per heavy atom. The van der Waals surface area contributed by atoms with Gasteiger partial charge in [0.25, 0.3) is 0 Å². The van der Waals surface area contributed by atoms with Gasteiger partial charge in [0.05, 0.1) is 11.4 Å². The molecule has 1 aliphatic heterocycles. The lowest BCUT2D eigenvalue weighted by molar-refractivity contribution is 0.254. The molecule has 3 aromatic rings. The Balaban J connectivity index is 1.33. The van der Waals surface area contributed by atoms with Gasteiger partial charge in [-0.3, -0.25) is 4.90 Å². The fourth-order valence-corrected chi connectivity index (χ4v) is 4.60. The number of para-hydroxylation sites is 1. The minimum Gasteiger partial charge on any atom is -0.369 e. The predicted octanol–water partition coefficient (Wildman–Crippen LogP) is 5.20. The predicted molar refractivity (Wildman–Crippen MR) is 130 cm³/mol. The first kappa shape index (κ1) is 21.6. The lowest BCUT2D eigenvalue weighted by Crippen LogP contribution is -2.47. The van der Waals surface area contributed by atoms with Gasteiger partial charge in [0.2, 0.25) is 0 Å². The summed E-state index contributed by atoms with van der Waals surface area (Å²) in [5.74, 6) is 0. The lowest BCUT2D eigenvalue weighted by atomic mass is 10.1. The standard InChI is InChI=1S/C27H36N4/c1-4-10-24-21-26(31(28-24)25-12-6-5-7-13-25)14-9-16-29-17-19-30(20-18-29)27-15-8-11-22(2)23(27)3/h5-8,11-13,15,21H,4,9-10,14,16-20H2,1-3H3. The van der Waals surface area contributed by atoms with E-state index in [1.807, 2.05) is 0 Å². The van der Waals surface area contributed by atoms with Gasteiger partial charge in [0.15, 0.2) is 0 Å². The third kappa shape index (κ3) is 5.19. The van der Waals surface area contributed by atoms with E-state index in [4.69, 9.17) is 5.10 Å². The van der Waals surface area contributed by atoms with Gasteiger partial charge in [-0.15, -0.1) is 0 Å². The summed E-state index contributed by atoms with van der Waals surface area (Å²) in [6.45, 7) is 12.4. The summed E-state index contributed by atoms with van der Waals surface area (Å²) in [6.07, 6.45) is 4.43.